The van der Waals surface area contributed by atoms with Crippen LogP contribution in [0.2, 0.25) is 0 Å². The smallest absolute Gasteiger partial charge is 0.657 e. The average Bonchev–Trinajstić information content (AvgIpc) is 4.10. The van der Waals surface area contributed by atoms with E-state index in [0.717, 1.165) is 44.5 Å². The van der Waals surface area contributed by atoms with Crippen LogP contribution in [0.4, 0.5) is 22.7 Å². The van der Waals surface area contributed by atoms with Crippen LogP contribution in [0.3, 0.4) is 0 Å². The molecular formula is C72H80CoN8O4. The average molecular weight is 1180 g/mol. The fourth-order valence-corrected chi connectivity index (χ4v) is 10.5. The van der Waals surface area contributed by atoms with Crippen LogP contribution in [0.25, 0.3) is 90.9 Å². The second kappa shape index (κ2) is 24.5. The number of carbonyl (C=O) groups is 4. The van der Waals surface area contributed by atoms with Gasteiger partial charge in [0.25, 0.3) is 0 Å². The predicted octanol–water partition coefficient (Wildman–Crippen LogP) is 17.2. The minimum Gasteiger partial charge on any atom is -0.657 e. The maximum absolute atomic E-state index is 13.6. The first-order valence-corrected chi connectivity index (χ1v) is 29.4. The van der Waals surface area contributed by atoms with Crippen molar-refractivity contribution in [1.29, 1.82) is 0 Å². The van der Waals surface area contributed by atoms with Gasteiger partial charge in [0, 0.05) is 36.8 Å². The summed E-state index contributed by atoms with van der Waals surface area (Å²) in [5.41, 5.74) is 15.7. The Morgan fingerprint density at radius 2 is 0.588 bits per heavy atom. The second-order valence-corrected chi connectivity index (χ2v) is 26.0. The van der Waals surface area contributed by atoms with E-state index in [1.165, 1.54) is 0 Å². The van der Waals surface area contributed by atoms with Crippen molar-refractivity contribution >= 4 is 92.7 Å². The van der Waals surface area contributed by atoms with Gasteiger partial charge in [-0.25, -0.2) is 9.97 Å². The van der Waals surface area contributed by atoms with Crippen molar-refractivity contribution in [3.8, 4) is 44.5 Å². The van der Waals surface area contributed by atoms with Crippen LogP contribution in [0.15, 0.2) is 97.1 Å². The number of benzene rings is 4. The number of fused-ring (bicyclic) bond motifs is 8. The Balaban J connectivity index is 0.00000940. The first kappa shape index (κ1) is 62.9. The van der Waals surface area contributed by atoms with E-state index in [4.69, 9.17) is 19.9 Å². The molecule has 0 fully saturated rings. The summed E-state index contributed by atoms with van der Waals surface area (Å²) < 4.78 is 0. The van der Waals surface area contributed by atoms with E-state index in [0.29, 0.717) is 89.8 Å². The van der Waals surface area contributed by atoms with E-state index < -0.39 is 0 Å². The molecule has 1 radical (unpaired) electrons. The summed E-state index contributed by atoms with van der Waals surface area (Å²) in [6.45, 7) is 33.8. The van der Waals surface area contributed by atoms with Gasteiger partial charge in [-0.1, -0.05) is 184 Å². The number of hydrogen-bond donors (Lipinski definition) is 4. The predicted molar refractivity (Wildman–Crippen MR) is 349 cm³/mol. The Morgan fingerprint density at radius 1 is 0.353 bits per heavy atom. The van der Waals surface area contributed by atoms with Gasteiger partial charge in [0.2, 0.25) is 23.6 Å². The van der Waals surface area contributed by atoms with Gasteiger partial charge < -0.3 is 31.2 Å². The minimum absolute atomic E-state index is 0. The summed E-state index contributed by atoms with van der Waals surface area (Å²) in [5, 5.41) is 12.7. The molecule has 4 N–H and O–H groups in total. The quantitative estimate of drug-likeness (QED) is 0.0937. The van der Waals surface area contributed by atoms with Crippen LogP contribution in [-0.2, 0) is 57.6 Å². The molecule has 0 saturated heterocycles. The largest absolute Gasteiger partial charge is 2.00 e. The minimum atomic E-state index is -0.246. The third-order valence-corrected chi connectivity index (χ3v) is 15.5. The van der Waals surface area contributed by atoms with E-state index in [1.807, 2.05) is 85.0 Å². The first-order valence-electron chi connectivity index (χ1n) is 29.4. The molecule has 3 aromatic heterocycles. The fraction of sp³-hybridized carbons (Fsp3) is 0.333. The Bertz CT molecular complexity index is 3640. The van der Waals surface area contributed by atoms with Gasteiger partial charge in [-0.15, -0.1) is 22.1 Å². The molecule has 8 bridgehead atoms. The molecule has 12 nitrogen and oxygen atoms in total. The molecular weight excluding hydrogens is 1100 g/mol. The van der Waals surface area contributed by atoms with Crippen LogP contribution < -0.4 is 31.2 Å². The van der Waals surface area contributed by atoms with Gasteiger partial charge in [0.05, 0.1) is 45.5 Å². The number of rotatable bonds is 12. The zero-order chi connectivity index (χ0) is 60.8. The standard InChI is InChI=1S/C72H82N8O4.Co/c1-17-59(81)77-47-23-21-24-48(78-60(82)18-2)65(47)67-55-31-27-51(73-55)63(41-35-43(69(5,6)7)39-44(36-41)70(8,9)10)53-29-33-57(75-53)68(66-49(79-61(83)19-3)25-22-26-50(66)80-62(84)20-4)58-34-30-54(76-58)64(52-28-32-56(67)74-52)42-37-45(71(11,12)13)40-46(38-42)72(14,15)16;/h21-40H,17-20H2,1-16H3,(H6,73,74,75,76,77,78,79,80,81,82,83,84);/q;+2/p-2. The van der Waals surface area contributed by atoms with Gasteiger partial charge in [0.1, 0.15) is 0 Å². The molecule has 7 aromatic rings. The third-order valence-electron chi connectivity index (χ3n) is 15.5. The van der Waals surface area contributed by atoms with Crippen molar-refractivity contribution < 1.29 is 36.0 Å². The monoisotopic (exact) mass is 1180 g/mol. The van der Waals surface area contributed by atoms with Crippen molar-refractivity contribution in [2.45, 2.75) is 158 Å². The van der Waals surface area contributed by atoms with Crippen molar-refractivity contribution in [1.82, 2.24) is 19.9 Å². The molecule has 4 amide bonds. The number of nitrogens with zero attached hydrogens (tertiary/aromatic N) is 4. The van der Waals surface area contributed by atoms with E-state index in [9.17, 15) is 19.2 Å². The van der Waals surface area contributed by atoms with Crippen molar-refractivity contribution in [3.05, 3.63) is 142 Å². The number of nitrogens with one attached hydrogen (secondary N) is 4. The van der Waals surface area contributed by atoms with Crippen molar-refractivity contribution in [2.75, 3.05) is 21.3 Å². The number of hydrogen-bond acceptors (Lipinski definition) is 6. The zero-order valence-electron chi connectivity index (χ0n) is 52.1. The van der Waals surface area contributed by atoms with E-state index in [2.05, 4.69) is 141 Å². The molecule has 0 atom stereocenters. The van der Waals surface area contributed by atoms with E-state index in [1.54, 1.807) is 27.7 Å². The van der Waals surface area contributed by atoms with Crippen LogP contribution in [0.5, 0.6) is 0 Å². The maximum atomic E-state index is 13.6. The Hall–Kier alpha value is -8.13. The van der Waals surface area contributed by atoms with Crippen molar-refractivity contribution in [3.63, 3.8) is 0 Å². The summed E-state index contributed by atoms with van der Waals surface area (Å²) >= 11 is 0. The maximum Gasteiger partial charge on any atom is 2.00 e. The molecule has 0 saturated carbocycles. The Morgan fingerprint density at radius 3 is 0.824 bits per heavy atom. The summed E-state index contributed by atoms with van der Waals surface area (Å²) in [7, 11) is 0. The molecule has 0 spiro atoms. The molecule has 85 heavy (non-hydrogen) atoms. The van der Waals surface area contributed by atoms with Crippen LogP contribution in [-0.4, -0.2) is 33.6 Å². The summed E-state index contributed by atoms with van der Waals surface area (Å²) in [4.78, 5) is 76.9. The van der Waals surface area contributed by atoms with Crippen molar-refractivity contribution in [2.24, 2.45) is 0 Å². The third kappa shape index (κ3) is 13.4. The number of carbonyl (C=O) groups excluding carboxylic acids is 4. The van der Waals surface area contributed by atoms with Gasteiger partial charge in [-0.2, -0.15) is 0 Å². The molecule has 0 unspecified atom stereocenters. The molecule has 2 aliphatic heterocycles. The van der Waals surface area contributed by atoms with Gasteiger partial charge >= 0.3 is 16.8 Å². The fourth-order valence-electron chi connectivity index (χ4n) is 10.5. The molecule has 441 valence electrons. The molecule has 4 aromatic carbocycles. The summed E-state index contributed by atoms with van der Waals surface area (Å²) in [6.07, 6.45) is 8.86. The topological polar surface area (TPSA) is 170 Å². The number of amides is 4. The van der Waals surface area contributed by atoms with Gasteiger partial charge in [0.15, 0.2) is 0 Å². The summed E-state index contributed by atoms with van der Waals surface area (Å²) in [5.74, 6) is -0.808. The van der Waals surface area contributed by atoms with E-state index >= 15 is 0 Å². The molecule has 2 aliphatic rings. The van der Waals surface area contributed by atoms with Crippen LogP contribution in [0.1, 0.15) is 181 Å². The zero-order valence-corrected chi connectivity index (χ0v) is 53.2. The first-order chi connectivity index (χ1) is 39.6. The second-order valence-electron chi connectivity index (χ2n) is 26.0. The Labute approximate surface area is 511 Å². The molecule has 9 rings (SSSR count). The van der Waals surface area contributed by atoms with Gasteiger partial charge in [-0.05, 0) is 126 Å². The molecule has 0 aliphatic carbocycles. The Kier molecular flexibility index (Phi) is 18.1. The number of aromatic nitrogens is 4. The van der Waals surface area contributed by atoms with Gasteiger partial charge in [-0.3, -0.25) is 19.2 Å². The van der Waals surface area contributed by atoms with Crippen LogP contribution >= 0.6 is 0 Å². The van der Waals surface area contributed by atoms with Crippen LogP contribution in [0, 0.1) is 0 Å². The normalized spacial score (nSPS) is 12.4. The SMILES string of the molecule is CCC(=O)Nc1cccc(NC(=O)CC)c1-c1c2nc(c(-c3cc(C(C)(C)C)cc(C(C)(C)C)c3)c3ccc([n-]3)c(-c3c(NC(=O)CC)cccc3NC(=O)CC)c3nc(c(-c4cc(C(C)(C)C)cc(C(C)(C)C)c4)c4ccc1[n-]4)C=C3)C=C2.[Co+2]. The number of anilines is 4. The molecule has 5 heterocycles. The molecule has 13 heteroatoms. The van der Waals surface area contributed by atoms with E-state index in [-0.39, 0.29) is 87.8 Å². The summed E-state index contributed by atoms with van der Waals surface area (Å²) in [6, 6.07) is 32.5.